The first kappa shape index (κ1) is 18.1. The fourth-order valence-electron chi connectivity index (χ4n) is 4.82. The zero-order valence-electron chi connectivity index (χ0n) is 15.3. The van der Waals surface area contributed by atoms with Gasteiger partial charge in [-0.3, -0.25) is 14.6 Å². The molecule has 0 saturated carbocycles. The van der Waals surface area contributed by atoms with Crippen molar-refractivity contribution in [1.82, 2.24) is 14.9 Å². The number of ether oxygens (including phenoxy) is 1. The van der Waals surface area contributed by atoms with Crippen LogP contribution in [0.5, 0.6) is 0 Å². The second-order valence-corrected chi connectivity index (χ2v) is 8.14. The van der Waals surface area contributed by atoms with Crippen LogP contribution < -0.4 is 0 Å². The maximum Gasteiger partial charge on any atom is 0.314 e. The van der Waals surface area contributed by atoms with Gasteiger partial charge in [0.2, 0.25) is 5.91 Å². The summed E-state index contributed by atoms with van der Waals surface area (Å²) in [4.78, 5) is 36.3. The lowest BCUT2D eigenvalue weighted by atomic mass is 9.71. The Morgan fingerprint density at radius 3 is 3.00 bits per heavy atom. The van der Waals surface area contributed by atoms with Crippen LogP contribution in [0.2, 0.25) is 0 Å². The molecular formula is C20H23N3O3S. The standard InChI is InChI=1S/C20H23N3O3S/c1-26-19(25)20(9-15-12-27-13-22-15)10-16-5-6-17(20)23(16)18(24)7-4-14-3-2-8-21-11-14/h2-3,8,11-13,16-17H,4-7,9-10H2,1H3/t16-,17+,20+/m1/s1. The molecule has 4 heterocycles. The molecule has 2 fully saturated rings. The van der Waals surface area contributed by atoms with E-state index in [1.54, 1.807) is 17.9 Å². The van der Waals surface area contributed by atoms with E-state index in [-0.39, 0.29) is 24.0 Å². The largest absolute Gasteiger partial charge is 0.469 e. The van der Waals surface area contributed by atoms with Gasteiger partial charge in [0, 0.05) is 42.7 Å². The van der Waals surface area contributed by atoms with E-state index in [1.165, 1.54) is 18.4 Å². The highest BCUT2D eigenvalue weighted by Crippen LogP contribution is 2.52. The van der Waals surface area contributed by atoms with Gasteiger partial charge < -0.3 is 9.64 Å². The van der Waals surface area contributed by atoms with Crippen LogP contribution in [0.1, 0.15) is 36.9 Å². The first-order valence-electron chi connectivity index (χ1n) is 9.29. The Morgan fingerprint density at radius 1 is 1.41 bits per heavy atom. The molecule has 0 spiro atoms. The van der Waals surface area contributed by atoms with E-state index in [4.69, 9.17) is 4.74 Å². The number of thiazole rings is 1. The summed E-state index contributed by atoms with van der Waals surface area (Å²) < 4.78 is 5.19. The molecule has 2 aliphatic rings. The van der Waals surface area contributed by atoms with E-state index in [1.807, 2.05) is 22.4 Å². The Kier molecular flexibility index (Phi) is 4.95. The van der Waals surface area contributed by atoms with Gasteiger partial charge in [0.25, 0.3) is 0 Å². The van der Waals surface area contributed by atoms with Crippen molar-refractivity contribution in [3.8, 4) is 0 Å². The highest BCUT2D eigenvalue weighted by Gasteiger charge is 2.61. The summed E-state index contributed by atoms with van der Waals surface area (Å²) in [6.07, 6.45) is 7.65. The number of carbonyl (C=O) groups excluding carboxylic acids is 2. The van der Waals surface area contributed by atoms with E-state index >= 15 is 0 Å². The fourth-order valence-corrected chi connectivity index (χ4v) is 5.38. The minimum atomic E-state index is -0.671. The molecule has 27 heavy (non-hydrogen) atoms. The van der Waals surface area contributed by atoms with E-state index in [0.29, 0.717) is 25.7 Å². The van der Waals surface area contributed by atoms with E-state index < -0.39 is 5.41 Å². The number of aryl methyl sites for hydroxylation is 1. The van der Waals surface area contributed by atoms with Crippen LogP contribution in [0.15, 0.2) is 35.4 Å². The predicted octanol–water partition coefficient (Wildman–Crippen LogP) is 2.64. The Hall–Kier alpha value is -2.28. The summed E-state index contributed by atoms with van der Waals surface area (Å²) in [5, 5.41) is 1.98. The molecule has 142 valence electrons. The van der Waals surface area contributed by atoms with Gasteiger partial charge >= 0.3 is 5.97 Å². The molecule has 0 N–H and O–H groups in total. The maximum atomic E-state index is 13.0. The average molecular weight is 385 g/mol. The number of aromatic nitrogens is 2. The number of pyridine rings is 1. The summed E-state index contributed by atoms with van der Waals surface area (Å²) >= 11 is 1.52. The van der Waals surface area contributed by atoms with Crippen LogP contribution in [-0.4, -0.2) is 45.9 Å². The van der Waals surface area contributed by atoms with Crippen molar-refractivity contribution in [1.29, 1.82) is 0 Å². The minimum absolute atomic E-state index is 0.0990. The number of hydrogen-bond acceptors (Lipinski definition) is 6. The van der Waals surface area contributed by atoms with Crippen molar-refractivity contribution in [2.24, 2.45) is 5.41 Å². The number of nitrogens with zero attached hydrogens (tertiary/aromatic N) is 3. The van der Waals surface area contributed by atoms with Gasteiger partial charge in [-0.1, -0.05) is 6.07 Å². The van der Waals surface area contributed by atoms with Crippen LogP contribution in [-0.2, 0) is 27.2 Å². The number of hydrogen-bond donors (Lipinski definition) is 0. The average Bonchev–Trinajstić information content (AvgIpc) is 3.42. The molecule has 6 nitrogen and oxygen atoms in total. The Labute approximate surface area is 162 Å². The molecule has 1 amide bonds. The quantitative estimate of drug-likeness (QED) is 0.715. The lowest BCUT2D eigenvalue weighted by Gasteiger charge is -2.34. The number of rotatable bonds is 6. The first-order valence-corrected chi connectivity index (χ1v) is 10.2. The normalized spacial score (nSPS) is 26.3. The topological polar surface area (TPSA) is 72.4 Å². The van der Waals surface area contributed by atoms with Gasteiger partial charge in [-0.05, 0) is 37.3 Å². The second-order valence-electron chi connectivity index (χ2n) is 7.42. The van der Waals surface area contributed by atoms with Crippen LogP contribution in [0.4, 0.5) is 0 Å². The van der Waals surface area contributed by atoms with Crippen molar-refractivity contribution < 1.29 is 14.3 Å². The lowest BCUT2D eigenvalue weighted by molar-refractivity contribution is -0.155. The fraction of sp³-hybridized carbons (Fsp3) is 0.500. The Balaban J connectivity index is 1.53. The number of carbonyl (C=O) groups is 2. The number of esters is 1. The Morgan fingerprint density at radius 2 is 2.30 bits per heavy atom. The molecule has 0 aromatic carbocycles. The Bertz CT molecular complexity index is 811. The van der Waals surface area contributed by atoms with Gasteiger partial charge in [0.05, 0.1) is 23.7 Å². The lowest BCUT2D eigenvalue weighted by Crippen LogP contribution is -2.47. The van der Waals surface area contributed by atoms with Crippen molar-refractivity contribution in [3.05, 3.63) is 46.7 Å². The highest BCUT2D eigenvalue weighted by molar-refractivity contribution is 7.07. The van der Waals surface area contributed by atoms with Crippen molar-refractivity contribution in [3.63, 3.8) is 0 Å². The van der Waals surface area contributed by atoms with Crippen LogP contribution in [0.3, 0.4) is 0 Å². The predicted molar refractivity (Wildman–Crippen MR) is 101 cm³/mol. The van der Waals surface area contributed by atoms with Crippen LogP contribution >= 0.6 is 11.3 Å². The molecular weight excluding hydrogens is 362 g/mol. The highest BCUT2D eigenvalue weighted by atomic mass is 32.1. The second kappa shape index (κ2) is 7.38. The summed E-state index contributed by atoms with van der Waals surface area (Å²) in [5.74, 6) is -0.0943. The van der Waals surface area contributed by atoms with Crippen LogP contribution in [0.25, 0.3) is 0 Å². The van der Waals surface area contributed by atoms with Gasteiger partial charge in [0.1, 0.15) is 0 Å². The molecule has 0 radical (unpaired) electrons. The van der Waals surface area contributed by atoms with E-state index in [9.17, 15) is 9.59 Å². The van der Waals surface area contributed by atoms with Crippen molar-refractivity contribution >= 4 is 23.2 Å². The summed E-state index contributed by atoms with van der Waals surface area (Å²) in [6, 6.07) is 3.89. The maximum absolute atomic E-state index is 13.0. The molecule has 3 atom stereocenters. The number of methoxy groups -OCH3 is 1. The molecule has 2 saturated heterocycles. The van der Waals surface area contributed by atoms with Gasteiger partial charge in [-0.25, -0.2) is 4.98 Å². The molecule has 2 aliphatic heterocycles. The smallest absolute Gasteiger partial charge is 0.314 e. The monoisotopic (exact) mass is 385 g/mol. The van der Waals surface area contributed by atoms with Crippen LogP contribution in [0, 0.1) is 5.41 Å². The third-order valence-corrected chi connectivity index (χ3v) is 6.59. The molecule has 2 aromatic heterocycles. The molecule has 4 rings (SSSR count). The van der Waals surface area contributed by atoms with E-state index in [2.05, 4.69) is 9.97 Å². The SMILES string of the molecule is COC(=O)[C@@]1(Cc2cscn2)C[C@H]2CC[C@@H]1N2C(=O)CCc1cccnc1. The van der Waals surface area contributed by atoms with E-state index in [0.717, 1.165) is 24.1 Å². The molecule has 2 bridgehead atoms. The van der Waals surface area contributed by atoms with Crippen molar-refractivity contribution in [2.45, 2.75) is 50.6 Å². The third kappa shape index (κ3) is 3.25. The van der Waals surface area contributed by atoms with Crippen molar-refractivity contribution in [2.75, 3.05) is 7.11 Å². The first-order chi connectivity index (χ1) is 13.1. The molecule has 0 unspecified atom stereocenters. The molecule has 0 aliphatic carbocycles. The van der Waals surface area contributed by atoms with Gasteiger partial charge in [0.15, 0.2) is 0 Å². The summed E-state index contributed by atoms with van der Waals surface area (Å²) in [5.41, 5.74) is 3.07. The zero-order valence-corrected chi connectivity index (χ0v) is 16.2. The summed E-state index contributed by atoms with van der Waals surface area (Å²) in [6.45, 7) is 0. The zero-order chi connectivity index (χ0) is 18.9. The molecule has 7 heteroatoms. The summed E-state index contributed by atoms with van der Waals surface area (Å²) in [7, 11) is 1.44. The van der Waals surface area contributed by atoms with Gasteiger partial charge in [-0.2, -0.15) is 0 Å². The number of amides is 1. The minimum Gasteiger partial charge on any atom is -0.469 e. The third-order valence-electron chi connectivity index (χ3n) is 5.95. The number of fused-ring (bicyclic) bond motifs is 2. The molecule has 2 aromatic rings. The van der Waals surface area contributed by atoms with Gasteiger partial charge in [-0.15, -0.1) is 11.3 Å².